The largest absolute Gasteiger partial charge is 0.394 e. The number of amides is 1. The van der Waals surface area contributed by atoms with E-state index in [0.29, 0.717) is 25.1 Å². The van der Waals surface area contributed by atoms with Gasteiger partial charge in [0.15, 0.2) is 0 Å². The number of hydrogen-bond acceptors (Lipinski definition) is 7. The summed E-state index contributed by atoms with van der Waals surface area (Å²) in [6, 6.07) is 2.39. The van der Waals surface area contributed by atoms with Crippen molar-refractivity contribution in [3.05, 3.63) is 18.1 Å². The molecule has 2 heterocycles. The number of aliphatic hydroxyl groups is 1. The van der Waals surface area contributed by atoms with Crippen molar-refractivity contribution in [2.45, 2.75) is 37.4 Å². The van der Waals surface area contributed by atoms with Crippen LogP contribution in [0.25, 0.3) is 0 Å². The van der Waals surface area contributed by atoms with Crippen molar-refractivity contribution >= 4 is 11.7 Å². The molecule has 0 spiro atoms. The lowest BCUT2D eigenvalue weighted by molar-refractivity contribution is -0.105. The fraction of sp³-hybridized carbons (Fsp3) is 0.688. The number of aromatic nitrogens is 2. The summed E-state index contributed by atoms with van der Waals surface area (Å²) in [5.74, 6) is 0.441. The molecule has 2 atom stereocenters. The van der Waals surface area contributed by atoms with Gasteiger partial charge in [-0.1, -0.05) is 0 Å². The number of carbonyl (C=O) groups excluding carboxylic acids is 1. The van der Waals surface area contributed by atoms with E-state index in [1.165, 1.54) is 0 Å². The second-order valence-corrected chi connectivity index (χ2v) is 6.72. The van der Waals surface area contributed by atoms with E-state index in [1.807, 2.05) is 14.0 Å². The number of rotatable bonds is 6. The van der Waals surface area contributed by atoms with Crippen LogP contribution in [0.4, 0.5) is 5.82 Å². The van der Waals surface area contributed by atoms with Gasteiger partial charge in [0.1, 0.15) is 5.82 Å². The van der Waals surface area contributed by atoms with E-state index in [1.54, 1.807) is 12.3 Å². The summed E-state index contributed by atoms with van der Waals surface area (Å²) < 4.78 is 5.57. The number of carbonyl (C=O) groups is 1. The maximum atomic E-state index is 12.4. The quantitative estimate of drug-likeness (QED) is 0.665. The van der Waals surface area contributed by atoms with Gasteiger partial charge in [0, 0.05) is 24.8 Å². The lowest BCUT2D eigenvalue weighted by atomic mass is 9.96. The highest BCUT2D eigenvalue weighted by Gasteiger charge is 2.40. The van der Waals surface area contributed by atoms with Gasteiger partial charge in [-0.3, -0.25) is 9.69 Å². The van der Waals surface area contributed by atoms with E-state index in [-0.39, 0.29) is 30.9 Å². The molecule has 8 nitrogen and oxygen atoms in total. The third kappa shape index (κ3) is 3.66. The molecule has 2 aliphatic rings. The molecule has 0 bridgehead atoms. The minimum Gasteiger partial charge on any atom is -0.394 e. The first-order valence-corrected chi connectivity index (χ1v) is 8.33. The molecule has 3 rings (SSSR count). The number of nitrogens with one attached hydrogen (secondary N) is 2. The summed E-state index contributed by atoms with van der Waals surface area (Å²) >= 11 is 0. The third-order valence-corrected chi connectivity index (χ3v) is 4.80. The van der Waals surface area contributed by atoms with Crippen LogP contribution < -0.4 is 10.6 Å². The Kier molecular flexibility index (Phi) is 4.98. The van der Waals surface area contributed by atoms with E-state index >= 15 is 0 Å². The molecule has 2 fully saturated rings. The Morgan fingerprint density at radius 3 is 3.04 bits per heavy atom. The molecule has 1 aliphatic carbocycles. The predicted octanol–water partition coefficient (Wildman–Crippen LogP) is -0.138. The van der Waals surface area contributed by atoms with Crippen LogP contribution in [0, 0.1) is 0 Å². The predicted molar refractivity (Wildman–Crippen MR) is 88.9 cm³/mol. The summed E-state index contributed by atoms with van der Waals surface area (Å²) in [5, 5.41) is 15.9. The molecule has 24 heavy (non-hydrogen) atoms. The van der Waals surface area contributed by atoms with Crippen LogP contribution in [0.3, 0.4) is 0 Å². The van der Waals surface area contributed by atoms with Crippen molar-refractivity contribution in [1.29, 1.82) is 0 Å². The molecule has 1 aromatic heterocycles. The molecule has 0 radical (unpaired) electrons. The second kappa shape index (κ2) is 7.00. The van der Waals surface area contributed by atoms with E-state index in [2.05, 4.69) is 25.5 Å². The number of ether oxygens (including phenoxy) is 1. The van der Waals surface area contributed by atoms with Crippen LogP contribution in [0.1, 0.15) is 30.4 Å². The monoisotopic (exact) mass is 335 g/mol. The van der Waals surface area contributed by atoms with E-state index in [4.69, 9.17) is 4.74 Å². The summed E-state index contributed by atoms with van der Waals surface area (Å²) in [5.41, 5.74) is -0.628. The van der Waals surface area contributed by atoms with Crippen molar-refractivity contribution in [3.8, 4) is 0 Å². The maximum absolute atomic E-state index is 12.4. The number of anilines is 1. The number of hydrogen-bond donors (Lipinski definition) is 3. The average molecular weight is 335 g/mol. The Bertz CT molecular complexity index is 595. The van der Waals surface area contributed by atoms with Crippen LogP contribution in [0.2, 0.25) is 0 Å². The first kappa shape index (κ1) is 17.1. The van der Waals surface area contributed by atoms with Crippen LogP contribution in [-0.2, 0) is 4.74 Å². The van der Waals surface area contributed by atoms with Crippen molar-refractivity contribution in [1.82, 2.24) is 20.2 Å². The molecule has 1 aliphatic heterocycles. The van der Waals surface area contributed by atoms with Crippen molar-refractivity contribution in [3.63, 3.8) is 0 Å². The van der Waals surface area contributed by atoms with E-state index in [0.717, 1.165) is 12.8 Å². The topological polar surface area (TPSA) is 99.6 Å². The average Bonchev–Trinajstić information content (AvgIpc) is 3.40. The molecule has 1 saturated carbocycles. The third-order valence-electron chi connectivity index (χ3n) is 4.80. The van der Waals surface area contributed by atoms with Gasteiger partial charge in [0.2, 0.25) is 5.82 Å². The molecule has 1 amide bonds. The second-order valence-electron chi connectivity index (χ2n) is 6.72. The van der Waals surface area contributed by atoms with Crippen LogP contribution in [-0.4, -0.2) is 76.9 Å². The Hall–Kier alpha value is -1.77. The standard InChI is InChI=1S/C16H25N5O3/c1-11-7-24-10-16(9-22,21(11)2)8-18-15(23)14-17-6-5-13(20-14)19-12-3-4-12/h5-6,11-12,22H,3-4,7-10H2,1-2H3,(H,18,23)(H,17,19,20)/t11-,16+/m1/s1. The highest BCUT2D eigenvalue weighted by molar-refractivity contribution is 5.90. The van der Waals surface area contributed by atoms with Crippen molar-refractivity contribution in [2.75, 3.05) is 38.7 Å². The summed E-state index contributed by atoms with van der Waals surface area (Å²) in [6.07, 6.45) is 3.84. The van der Waals surface area contributed by atoms with Gasteiger partial charge >= 0.3 is 0 Å². The minimum atomic E-state index is -0.628. The van der Waals surface area contributed by atoms with Crippen LogP contribution >= 0.6 is 0 Å². The SMILES string of the molecule is C[C@@H]1COC[C@@](CO)(CNC(=O)c2nccc(NC3CC3)n2)N1C. The van der Waals surface area contributed by atoms with Gasteiger partial charge in [-0.05, 0) is 32.9 Å². The summed E-state index contributed by atoms with van der Waals surface area (Å²) in [4.78, 5) is 22.7. The maximum Gasteiger partial charge on any atom is 0.289 e. The molecule has 1 aromatic rings. The molecule has 0 unspecified atom stereocenters. The van der Waals surface area contributed by atoms with Crippen LogP contribution in [0.5, 0.6) is 0 Å². The highest BCUT2D eigenvalue weighted by atomic mass is 16.5. The van der Waals surface area contributed by atoms with Gasteiger partial charge in [0.25, 0.3) is 5.91 Å². The molecule has 8 heteroatoms. The Morgan fingerprint density at radius 2 is 2.33 bits per heavy atom. The fourth-order valence-corrected chi connectivity index (χ4v) is 2.80. The molecule has 3 N–H and O–H groups in total. The molecule has 1 saturated heterocycles. The number of nitrogens with zero attached hydrogens (tertiary/aromatic N) is 3. The Balaban J connectivity index is 1.63. The van der Waals surface area contributed by atoms with Gasteiger partial charge in [-0.15, -0.1) is 0 Å². The lowest BCUT2D eigenvalue weighted by Gasteiger charge is -2.47. The van der Waals surface area contributed by atoms with Gasteiger partial charge in [-0.2, -0.15) is 0 Å². The van der Waals surface area contributed by atoms with Gasteiger partial charge < -0.3 is 20.5 Å². The van der Waals surface area contributed by atoms with Gasteiger partial charge in [0.05, 0.1) is 25.4 Å². The number of morpholine rings is 1. The van der Waals surface area contributed by atoms with Gasteiger partial charge in [-0.25, -0.2) is 9.97 Å². The first-order valence-electron chi connectivity index (χ1n) is 8.33. The Morgan fingerprint density at radius 1 is 1.54 bits per heavy atom. The zero-order valence-electron chi connectivity index (χ0n) is 14.2. The van der Waals surface area contributed by atoms with Crippen molar-refractivity contribution in [2.24, 2.45) is 0 Å². The van der Waals surface area contributed by atoms with E-state index < -0.39 is 5.54 Å². The summed E-state index contributed by atoms with van der Waals surface area (Å²) in [7, 11) is 1.94. The molecular formula is C16H25N5O3. The molecule has 0 aromatic carbocycles. The Labute approximate surface area is 141 Å². The van der Waals surface area contributed by atoms with E-state index in [9.17, 15) is 9.90 Å². The normalized spacial score (nSPS) is 27.7. The number of aliphatic hydroxyl groups excluding tert-OH is 1. The highest BCUT2D eigenvalue weighted by Crippen LogP contribution is 2.23. The van der Waals surface area contributed by atoms with Crippen molar-refractivity contribution < 1.29 is 14.6 Å². The van der Waals surface area contributed by atoms with Crippen LogP contribution in [0.15, 0.2) is 12.3 Å². The first-order chi connectivity index (χ1) is 11.5. The summed E-state index contributed by atoms with van der Waals surface area (Å²) in [6.45, 7) is 3.19. The molecular weight excluding hydrogens is 310 g/mol. The fourth-order valence-electron chi connectivity index (χ4n) is 2.80. The molecule has 132 valence electrons. The minimum absolute atomic E-state index is 0.0990. The lowest BCUT2D eigenvalue weighted by Crippen LogP contribution is -2.65. The number of likely N-dealkylation sites (N-methyl/N-ethyl adjacent to an activating group) is 1. The zero-order valence-corrected chi connectivity index (χ0v) is 14.2. The zero-order chi connectivity index (χ0) is 17.2. The smallest absolute Gasteiger partial charge is 0.289 e.